The smallest absolute Gasteiger partial charge is 0.117 e. The molecule has 57 heavy (non-hydrogen) atoms. The molecule has 6 aromatic carbocycles. The molecule has 0 aromatic heterocycles. The molecule has 1 fully saturated rings. The summed E-state index contributed by atoms with van der Waals surface area (Å²) in [6.07, 6.45) is -1.48. The van der Waals surface area contributed by atoms with Crippen molar-refractivity contribution in [1.29, 1.82) is 0 Å². The summed E-state index contributed by atoms with van der Waals surface area (Å²) in [6, 6.07) is 53.0. The Morgan fingerprint density at radius 2 is 1.00 bits per heavy atom. The summed E-state index contributed by atoms with van der Waals surface area (Å²) >= 11 is 6.98. The molecule has 1 heterocycles. The van der Waals surface area contributed by atoms with Gasteiger partial charge < -0.3 is 28.8 Å². The lowest BCUT2D eigenvalue weighted by Gasteiger charge is -2.47. The number of aliphatic hydroxyl groups is 1. The number of aryl methyl sites for hydroxylation is 1. The quantitative estimate of drug-likeness (QED) is 0.0937. The van der Waals surface area contributed by atoms with Crippen LogP contribution in [0.25, 0.3) is 0 Å². The number of hydrogen-bond donors (Lipinski definition) is 1. The second-order valence-electron chi connectivity index (χ2n) is 14.5. The van der Waals surface area contributed by atoms with Crippen LogP contribution in [0.15, 0.2) is 158 Å². The summed E-state index contributed by atoms with van der Waals surface area (Å²) in [4.78, 5) is 0. The number of halogens is 1. The second kappa shape index (κ2) is 20.7. The molecule has 0 saturated carbocycles. The van der Waals surface area contributed by atoms with E-state index < -0.39 is 30.5 Å². The van der Waals surface area contributed by atoms with Crippen molar-refractivity contribution in [3.05, 3.63) is 213 Å². The normalized spacial score (nSPS) is 19.4. The Hall–Kier alpha value is -4.63. The van der Waals surface area contributed by atoms with Crippen LogP contribution in [0, 0.1) is 0 Å². The molecule has 294 valence electrons. The van der Waals surface area contributed by atoms with Crippen molar-refractivity contribution < 1.29 is 28.8 Å². The van der Waals surface area contributed by atoms with Gasteiger partial charge in [0.15, 0.2) is 0 Å². The van der Waals surface area contributed by atoms with Crippen molar-refractivity contribution in [3.63, 3.8) is 0 Å². The van der Waals surface area contributed by atoms with Crippen molar-refractivity contribution in [1.82, 2.24) is 0 Å². The standard InChI is InChI=1S/C50H51ClO6/c1-2-36-23-25-37(26-24-36)27-42-28-44(43(30-52)29-45(42)51)47-49(55-33-40-19-11-5-12-20-40)50(56-34-41-21-13-6-14-22-41)48(54-32-39-17-9-4-10-18-39)46(57-47)35-53-31-38-15-7-3-8-16-38/h3-26,28-29,46-50,52H,2,27,30-35H2,1H3/t46-,47+,48-,49+,50+/m1/s1. The van der Waals surface area contributed by atoms with Crippen LogP contribution in [0.2, 0.25) is 5.02 Å². The number of hydrogen-bond acceptors (Lipinski definition) is 6. The summed E-state index contributed by atoms with van der Waals surface area (Å²) in [5, 5.41) is 11.5. The average molecular weight is 783 g/mol. The van der Waals surface area contributed by atoms with Crippen molar-refractivity contribution in [2.45, 2.75) is 83.3 Å². The van der Waals surface area contributed by atoms with E-state index in [0.717, 1.165) is 45.4 Å². The van der Waals surface area contributed by atoms with E-state index in [9.17, 15) is 5.11 Å². The summed E-state index contributed by atoms with van der Waals surface area (Å²) in [5.41, 5.74) is 8.95. The van der Waals surface area contributed by atoms with Crippen LogP contribution in [-0.2, 0) is 69.6 Å². The van der Waals surface area contributed by atoms with Crippen LogP contribution < -0.4 is 0 Å². The van der Waals surface area contributed by atoms with Gasteiger partial charge in [-0.3, -0.25) is 0 Å². The number of ether oxygens (including phenoxy) is 5. The Labute approximate surface area is 341 Å². The van der Waals surface area contributed by atoms with Gasteiger partial charge in [0, 0.05) is 5.02 Å². The SMILES string of the molecule is CCc1ccc(Cc2cc([C@@H]3O[C@H](COCc4ccccc4)[C@@H](OCc4ccccc4)[C@H](OCc4ccccc4)[C@H]3OCc3ccccc3)c(CO)cc2Cl)cc1. The maximum atomic E-state index is 10.9. The Kier molecular flexibility index (Phi) is 14.7. The summed E-state index contributed by atoms with van der Waals surface area (Å²) < 4.78 is 34.5. The highest BCUT2D eigenvalue weighted by Gasteiger charge is 2.49. The summed E-state index contributed by atoms with van der Waals surface area (Å²) in [7, 11) is 0. The van der Waals surface area contributed by atoms with E-state index in [1.54, 1.807) is 0 Å². The minimum absolute atomic E-state index is 0.232. The highest BCUT2D eigenvalue weighted by molar-refractivity contribution is 6.31. The zero-order valence-corrected chi connectivity index (χ0v) is 33.2. The van der Waals surface area contributed by atoms with E-state index in [0.29, 0.717) is 43.4 Å². The van der Waals surface area contributed by atoms with E-state index in [2.05, 4.69) is 61.5 Å². The molecular weight excluding hydrogens is 732 g/mol. The Morgan fingerprint density at radius 3 is 1.51 bits per heavy atom. The third-order valence-electron chi connectivity index (χ3n) is 10.5. The molecule has 0 amide bonds. The zero-order valence-electron chi connectivity index (χ0n) is 32.4. The van der Waals surface area contributed by atoms with Gasteiger partial charge >= 0.3 is 0 Å². The van der Waals surface area contributed by atoms with Crippen molar-refractivity contribution in [3.8, 4) is 0 Å². The highest BCUT2D eigenvalue weighted by Crippen LogP contribution is 2.41. The number of rotatable bonds is 18. The summed E-state index contributed by atoms with van der Waals surface area (Å²) in [5.74, 6) is 0. The minimum Gasteiger partial charge on any atom is -0.392 e. The first kappa shape index (κ1) is 40.6. The van der Waals surface area contributed by atoms with Crippen LogP contribution in [0.5, 0.6) is 0 Å². The van der Waals surface area contributed by atoms with Gasteiger partial charge in [0.2, 0.25) is 0 Å². The van der Waals surface area contributed by atoms with Crippen molar-refractivity contribution in [2.24, 2.45) is 0 Å². The minimum atomic E-state index is -0.669. The molecule has 1 aliphatic heterocycles. The maximum absolute atomic E-state index is 10.9. The number of benzene rings is 6. The largest absolute Gasteiger partial charge is 0.392 e. The third kappa shape index (κ3) is 11.1. The first-order valence-corrected chi connectivity index (χ1v) is 20.2. The van der Waals surface area contributed by atoms with Gasteiger partial charge in [0.1, 0.15) is 30.5 Å². The monoisotopic (exact) mass is 782 g/mol. The van der Waals surface area contributed by atoms with Crippen molar-refractivity contribution >= 4 is 11.6 Å². The fourth-order valence-electron chi connectivity index (χ4n) is 7.37. The first-order valence-electron chi connectivity index (χ1n) is 19.8. The van der Waals surface area contributed by atoms with E-state index in [-0.39, 0.29) is 13.2 Å². The number of aliphatic hydroxyl groups excluding tert-OH is 1. The van der Waals surface area contributed by atoms with Crippen LogP contribution in [0.1, 0.15) is 63.1 Å². The predicted octanol–water partition coefficient (Wildman–Crippen LogP) is 10.4. The van der Waals surface area contributed by atoms with Gasteiger partial charge in [-0.25, -0.2) is 0 Å². The third-order valence-corrected chi connectivity index (χ3v) is 10.8. The van der Waals surface area contributed by atoms with E-state index in [1.807, 2.05) is 103 Å². The Morgan fingerprint density at radius 1 is 0.526 bits per heavy atom. The average Bonchev–Trinajstić information content (AvgIpc) is 3.26. The molecule has 7 rings (SSSR count). The lowest BCUT2D eigenvalue weighted by molar-refractivity contribution is -0.275. The molecule has 6 nitrogen and oxygen atoms in total. The molecule has 1 aliphatic rings. The van der Waals surface area contributed by atoms with Gasteiger partial charge in [-0.2, -0.15) is 0 Å². The topological polar surface area (TPSA) is 66.4 Å². The van der Waals surface area contributed by atoms with Gasteiger partial charge in [0.25, 0.3) is 0 Å². The molecule has 0 bridgehead atoms. The zero-order chi connectivity index (χ0) is 39.2. The predicted molar refractivity (Wildman–Crippen MR) is 225 cm³/mol. The van der Waals surface area contributed by atoms with E-state index in [1.165, 1.54) is 5.56 Å². The molecule has 7 heteroatoms. The van der Waals surface area contributed by atoms with Crippen LogP contribution in [-0.4, -0.2) is 36.1 Å². The van der Waals surface area contributed by atoms with Gasteiger partial charge in [0.05, 0.1) is 39.6 Å². The Balaban J connectivity index is 1.29. The van der Waals surface area contributed by atoms with E-state index >= 15 is 0 Å². The molecule has 0 aliphatic carbocycles. The molecule has 0 radical (unpaired) electrons. The molecule has 0 unspecified atom stereocenters. The van der Waals surface area contributed by atoms with Gasteiger partial charge in [-0.1, -0.05) is 170 Å². The fourth-order valence-corrected chi connectivity index (χ4v) is 7.62. The lowest BCUT2D eigenvalue weighted by Crippen LogP contribution is -2.58. The van der Waals surface area contributed by atoms with Crippen LogP contribution >= 0.6 is 11.6 Å². The molecule has 0 spiro atoms. The molecule has 6 aromatic rings. The Bertz CT molecular complexity index is 2080. The van der Waals surface area contributed by atoms with Crippen LogP contribution in [0.4, 0.5) is 0 Å². The molecule has 1 N–H and O–H groups in total. The first-order chi connectivity index (χ1) is 28.1. The van der Waals surface area contributed by atoms with Gasteiger partial charge in [-0.05, 0) is 69.0 Å². The van der Waals surface area contributed by atoms with Gasteiger partial charge in [-0.15, -0.1) is 0 Å². The van der Waals surface area contributed by atoms with E-state index in [4.69, 9.17) is 35.3 Å². The maximum Gasteiger partial charge on any atom is 0.117 e. The molecule has 5 atom stereocenters. The summed E-state index contributed by atoms with van der Waals surface area (Å²) in [6.45, 7) is 3.55. The highest BCUT2D eigenvalue weighted by atomic mass is 35.5. The molecule has 1 saturated heterocycles. The van der Waals surface area contributed by atoms with Crippen LogP contribution in [0.3, 0.4) is 0 Å². The second-order valence-corrected chi connectivity index (χ2v) is 14.9. The lowest BCUT2D eigenvalue weighted by atomic mass is 9.87. The van der Waals surface area contributed by atoms with Crippen molar-refractivity contribution in [2.75, 3.05) is 6.61 Å². The molecular formula is C50H51ClO6. The fraction of sp³-hybridized carbons (Fsp3) is 0.280.